The van der Waals surface area contributed by atoms with E-state index in [0.717, 1.165) is 5.56 Å². The first-order valence-electron chi connectivity index (χ1n) is 6.26. The van der Waals surface area contributed by atoms with E-state index in [0.29, 0.717) is 0 Å². The first-order chi connectivity index (χ1) is 9.63. The average Bonchev–Trinajstić information content (AvgIpc) is 2.48. The van der Waals surface area contributed by atoms with Gasteiger partial charge < -0.3 is 15.0 Å². The van der Waals surface area contributed by atoms with E-state index in [-0.39, 0.29) is 17.9 Å². The molecule has 0 radical (unpaired) electrons. The topological polar surface area (TPSA) is 71.3 Å². The predicted octanol–water partition coefficient (Wildman–Crippen LogP) is 0.849. The van der Waals surface area contributed by atoms with Gasteiger partial charge in [-0.05, 0) is 11.6 Å². The van der Waals surface area contributed by atoms with Gasteiger partial charge in [0, 0.05) is 13.1 Å². The molecule has 0 aliphatic rings. The maximum absolute atomic E-state index is 12.2. The molecular weight excluding hydrogens is 256 g/mol. The van der Waals surface area contributed by atoms with Crippen LogP contribution < -0.4 is 10.9 Å². The van der Waals surface area contributed by atoms with Crippen LogP contribution in [0.1, 0.15) is 22.1 Å². The SMILES string of the molecule is Cn1c(C(=O)N[C@H](CO)c2ccccc2)cccc1=O. The molecule has 1 heterocycles. The van der Waals surface area contributed by atoms with Gasteiger partial charge >= 0.3 is 0 Å². The molecule has 20 heavy (non-hydrogen) atoms. The van der Waals surface area contributed by atoms with Crippen molar-refractivity contribution in [3.63, 3.8) is 0 Å². The third-order valence-corrected chi connectivity index (χ3v) is 3.11. The zero-order valence-electron chi connectivity index (χ0n) is 11.1. The van der Waals surface area contributed by atoms with Crippen LogP contribution in [-0.2, 0) is 7.05 Å². The molecule has 0 bridgehead atoms. The molecular formula is C15H16N2O3. The highest BCUT2D eigenvalue weighted by molar-refractivity contribution is 5.92. The number of aliphatic hydroxyl groups excluding tert-OH is 1. The summed E-state index contributed by atoms with van der Waals surface area (Å²) in [5.74, 6) is -0.395. The highest BCUT2D eigenvalue weighted by Gasteiger charge is 2.16. The Balaban J connectivity index is 2.22. The first-order valence-corrected chi connectivity index (χ1v) is 6.26. The second-order valence-electron chi connectivity index (χ2n) is 4.43. The molecule has 5 nitrogen and oxygen atoms in total. The van der Waals surface area contributed by atoms with Crippen LogP contribution >= 0.6 is 0 Å². The second-order valence-corrected chi connectivity index (χ2v) is 4.43. The summed E-state index contributed by atoms with van der Waals surface area (Å²) in [5.41, 5.74) is 0.814. The summed E-state index contributed by atoms with van der Waals surface area (Å²) in [6.07, 6.45) is 0. The minimum atomic E-state index is -0.501. The van der Waals surface area contributed by atoms with Crippen LogP contribution in [0.5, 0.6) is 0 Å². The largest absolute Gasteiger partial charge is 0.394 e. The fourth-order valence-corrected chi connectivity index (χ4v) is 1.94. The van der Waals surface area contributed by atoms with E-state index in [1.165, 1.54) is 23.7 Å². The summed E-state index contributed by atoms with van der Waals surface area (Å²) < 4.78 is 1.27. The first kappa shape index (κ1) is 14.0. The van der Waals surface area contributed by atoms with E-state index in [9.17, 15) is 14.7 Å². The number of hydrogen-bond acceptors (Lipinski definition) is 3. The molecule has 1 aromatic heterocycles. The number of carbonyl (C=O) groups excluding carboxylic acids is 1. The third-order valence-electron chi connectivity index (χ3n) is 3.11. The third kappa shape index (κ3) is 2.95. The Morgan fingerprint density at radius 3 is 2.55 bits per heavy atom. The van der Waals surface area contributed by atoms with Crippen molar-refractivity contribution >= 4 is 5.91 Å². The monoisotopic (exact) mass is 272 g/mol. The van der Waals surface area contributed by atoms with E-state index >= 15 is 0 Å². The molecule has 2 N–H and O–H groups in total. The van der Waals surface area contributed by atoms with Crippen molar-refractivity contribution in [2.24, 2.45) is 7.05 Å². The zero-order chi connectivity index (χ0) is 14.5. The number of aromatic nitrogens is 1. The molecule has 1 amide bonds. The van der Waals surface area contributed by atoms with Gasteiger partial charge in [0.15, 0.2) is 0 Å². The Kier molecular flexibility index (Phi) is 4.32. The van der Waals surface area contributed by atoms with Gasteiger partial charge in [-0.15, -0.1) is 0 Å². The second kappa shape index (κ2) is 6.16. The number of benzene rings is 1. The summed E-state index contributed by atoms with van der Waals surface area (Å²) in [6.45, 7) is -0.212. The van der Waals surface area contributed by atoms with Gasteiger partial charge in [0.2, 0.25) is 0 Å². The minimum Gasteiger partial charge on any atom is -0.394 e. The Labute approximate surface area is 116 Å². The summed E-state index contributed by atoms with van der Waals surface area (Å²) in [4.78, 5) is 23.7. The van der Waals surface area contributed by atoms with Gasteiger partial charge in [-0.2, -0.15) is 0 Å². The van der Waals surface area contributed by atoms with E-state index in [1.807, 2.05) is 30.3 Å². The van der Waals surface area contributed by atoms with Crippen LogP contribution in [0.3, 0.4) is 0 Å². The number of aliphatic hydroxyl groups is 1. The van der Waals surface area contributed by atoms with Crippen molar-refractivity contribution in [2.45, 2.75) is 6.04 Å². The molecule has 1 atom stereocenters. The van der Waals surface area contributed by atoms with Crippen LogP contribution in [0.25, 0.3) is 0 Å². The molecule has 0 aliphatic heterocycles. The smallest absolute Gasteiger partial charge is 0.268 e. The number of amides is 1. The molecule has 104 valence electrons. The Bertz CT molecular complexity index is 650. The predicted molar refractivity (Wildman–Crippen MR) is 75.4 cm³/mol. The van der Waals surface area contributed by atoms with Gasteiger partial charge in [-0.25, -0.2) is 0 Å². The number of carbonyl (C=O) groups is 1. The molecule has 1 aromatic carbocycles. The number of hydrogen-bond donors (Lipinski definition) is 2. The highest BCUT2D eigenvalue weighted by atomic mass is 16.3. The molecule has 5 heteroatoms. The molecule has 0 saturated carbocycles. The summed E-state index contributed by atoms with van der Waals surface area (Å²) in [7, 11) is 1.54. The Morgan fingerprint density at radius 1 is 1.20 bits per heavy atom. The number of pyridine rings is 1. The van der Waals surface area contributed by atoms with E-state index in [4.69, 9.17) is 0 Å². The van der Waals surface area contributed by atoms with Crippen molar-refractivity contribution in [3.05, 3.63) is 70.1 Å². The minimum absolute atomic E-state index is 0.212. The highest BCUT2D eigenvalue weighted by Crippen LogP contribution is 2.12. The number of nitrogens with zero attached hydrogens (tertiary/aromatic N) is 1. The maximum atomic E-state index is 12.2. The van der Waals surface area contributed by atoms with Crippen molar-refractivity contribution < 1.29 is 9.90 Å². The van der Waals surface area contributed by atoms with Crippen molar-refractivity contribution in [1.29, 1.82) is 0 Å². The lowest BCUT2D eigenvalue weighted by Crippen LogP contribution is -2.34. The Hall–Kier alpha value is -2.40. The quantitative estimate of drug-likeness (QED) is 0.866. The van der Waals surface area contributed by atoms with E-state index < -0.39 is 11.9 Å². The van der Waals surface area contributed by atoms with Crippen LogP contribution in [-0.4, -0.2) is 22.2 Å². The standard InChI is InChI=1S/C15H16N2O3/c1-17-13(8-5-9-14(17)19)15(20)16-12(10-18)11-6-3-2-4-7-11/h2-9,12,18H,10H2,1H3,(H,16,20)/t12-/m1/s1. The molecule has 0 saturated heterocycles. The molecule has 0 spiro atoms. The normalized spacial score (nSPS) is 11.9. The van der Waals surface area contributed by atoms with Gasteiger partial charge in [-0.1, -0.05) is 36.4 Å². The van der Waals surface area contributed by atoms with E-state index in [1.54, 1.807) is 6.07 Å². The van der Waals surface area contributed by atoms with Crippen molar-refractivity contribution in [3.8, 4) is 0 Å². The summed E-state index contributed by atoms with van der Waals surface area (Å²) in [5, 5.41) is 12.1. The van der Waals surface area contributed by atoms with Gasteiger partial charge in [0.1, 0.15) is 5.69 Å². The lowest BCUT2D eigenvalue weighted by atomic mass is 10.1. The van der Waals surface area contributed by atoms with Crippen LogP contribution in [0.15, 0.2) is 53.3 Å². The van der Waals surface area contributed by atoms with Crippen LogP contribution in [0.4, 0.5) is 0 Å². The maximum Gasteiger partial charge on any atom is 0.268 e. The van der Waals surface area contributed by atoms with Gasteiger partial charge in [-0.3, -0.25) is 9.59 Å². The molecule has 0 unspecified atom stereocenters. The molecule has 0 fully saturated rings. The number of rotatable bonds is 4. The van der Waals surface area contributed by atoms with Crippen LogP contribution in [0.2, 0.25) is 0 Å². The zero-order valence-corrected chi connectivity index (χ0v) is 11.1. The molecule has 2 rings (SSSR count). The summed E-state index contributed by atoms with van der Waals surface area (Å²) in [6, 6.07) is 13.2. The van der Waals surface area contributed by atoms with Gasteiger partial charge in [0.05, 0.1) is 12.6 Å². The van der Waals surface area contributed by atoms with Crippen LogP contribution in [0, 0.1) is 0 Å². The van der Waals surface area contributed by atoms with Crippen molar-refractivity contribution in [1.82, 2.24) is 9.88 Å². The lowest BCUT2D eigenvalue weighted by molar-refractivity contribution is 0.0906. The number of nitrogens with one attached hydrogen (secondary N) is 1. The molecule has 2 aromatic rings. The Morgan fingerprint density at radius 2 is 1.90 bits per heavy atom. The fourth-order valence-electron chi connectivity index (χ4n) is 1.94. The van der Waals surface area contributed by atoms with Crippen molar-refractivity contribution in [2.75, 3.05) is 6.61 Å². The van der Waals surface area contributed by atoms with E-state index in [2.05, 4.69) is 5.32 Å². The fraction of sp³-hybridized carbons (Fsp3) is 0.200. The van der Waals surface area contributed by atoms with Gasteiger partial charge in [0.25, 0.3) is 11.5 Å². The average molecular weight is 272 g/mol. The lowest BCUT2D eigenvalue weighted by Gasteiger charge is -2.17. The molecule has 0 aliphatic carbocycles. The summed E-state index contributed by atoms with van der Waals surface area (Å²) >= 11 is 0.